The van der Waals surface area contributed by atoms with Gasteiger partial charge in [-0.2, -0.15) is 0 Å². The third-order valence-corrected chi connectivity index (χ3v) is 7.91. The fourth-order valence-corrected chi connectivity index (χ4v) is 6.49. The summed E-state index contributed by atoms with van der Waals surface area (Å²) >= 11 is 0. The molecule has 1 saturated heterocycles. The number of nitrogens with zero attached hydrogens (tertiary/aromatic N) is 2. The summed E-state index contributed by atoms with van der Waals surface area (Å²) in [6, 6.07) is 9.73. The van der Waals surface area contributed by atoms with Crippen LogP contribution in [0.15, 0.2) is 42.5 Å². The highest BCUT2D eigenvalue weighted by Crippen LogP contribution is 2.62. The zero-order valence-electron chi connectivity index (χ0n) is 20.2. The summed E-state index contributed by atoms with van der Waals surface area (Å²) in [6.07, 6.45) is 5.75. The zero-order chi connectivity index (χ0) is 24.2. The number of ether oxygens (including phenoxy) is 5. The molecular weight excluding hydrogens is 448 g/mol. The fraction of sp³-hybridized carbons (Fsp3) is 0.481. The molecule has 1 aromatic heterocycles. The molecule has 1 fully saturated rings. The van der Waals surface area contributed by atoms with Crippen molar-refractivity contribution in [3.8, 4) is 17.4 Å². The number of likely N-dealkylation sites (tertiary alicyclic amines) is 1. The number of carbonyl (C=O) groups is 1. The Morgan fingerprint density at radius 1 is 1.26 bits per heavy atom. The SMILES string of the molecule is CCOC(=O)c1cccc(O[C@H]2C=C[C@H]3[C@H]4Cc5ccc(OCOC)c6c5[C@@]3(CCN4C)[C@H]2O6)n1. The van der Waals surface area contributed by atoms with E-state index in [0.29, 0.717) is 30.2 Å². The van der Waals surface area contributed by atoms with Crippen molar-refractivity contribution in [2.24, 2.45) is 5.92 Å². The average molecular weight is 479 g/mol. The Hall–Kier alpha value is -3.10. The minimum atomic E-state index is -0.463. The largest absolute Gasteiger partial charge is 0.481 e. The topological polar surface area (TPSA) is 79.4 Å². The minimum absolute atomic E-state index is 0.157. The molecule has 8 heteroatoms. The molecule has 0 N–H and O–H groups in total. The molecule has 2 bridgehead atoms. The lowest BCUT2D eigenvalue weighted by Crippen LogP contribution is -2.65. The number of likely N-dealkylation sites (N-methyl/N-ethyl adjacent to an activating group) is 1. The quantitative estimate of drug-likeness (QED) is 0.341. The molecule has 1 spiro atoms. The van der Waals surface area contributed by atoms with Gasteiger partial charge in [-0.15, -0.1) is 0 Å². The number of aromatic nitrogens is 1. The van der Waals surface area contributed by atoms with Crippen molar-refractivity contribution in [3.05, 3.63) is 59.3 Å². The lowest BCUT2D eigenvalue weighted by molar-refractivity contribution is -0.0397. The van der Waals surface area contributed by atoms with Crippen LogP contribution in [0.2, 0.25) is 0 Å². The van der Waals surface area contributed by atoms with Gasteiger partial charge in [0.25, 0.3) is 0 Å². The van der Waals surface area contributed by atoms with Crippen LogP contribution >= 0.6 is 0 Å². The van der Waals surface area contributed by atoms with Crippen LogP contribution in [0.4, 0.5) is 0 Å². The number of rotatable bonds is 7. The van der Waals surface area contributed by atoms with Gasteiger partial charge in [0.2, 0.25) is 5.88 Å². The second-order valence-corrected chi connectivity index (χ2v) is 9.63. The van der Waals surface area contributed by atoms with Crippen molar-refractivity contribution in [1.29, 1.82) is 0 Å². The Morgan fingerprint density at radius 3 is 2.97 bits per heavy atom. The highest BCUT2D eigenvalue weighted by molar-refractivity contribution is 5.87. The zero-order valence-corrected chi connectivity index (χ0v) is 20.2. The first-order valence-electron chi connectivity index (χ1n) is 12.2. The van der Waals surface area contributed by atoms with Crippen LogP contribution in [-0.2, 0) is 21.3 Å². The van der Waals surface area contributed by atoms with Gasteiger partial charge in [-0.1, -0.05) is 18.2 Å². The van der Waals surface area contributed by atoms with E-state index in [1.165, 1.54) is 11.1 Å². The highest BCUT2D eigenvalue weighted by atomic mass is 16.7. The van der Waals surface area contributed by atoms with Gasteiger partial charge < -0.3 is 28.6 Å². The fourth-order valence-electron chi connectivity index (χ4n) is 6.49. The van der Waals surface area contributed by atoms with Crippen molar-refractivity contribution in [2.75, 3.05) is 34.1 Å². The summed E-state index contributed by atoms with van der Waals surface area (Å²) in [4.78, 5) is 19.1. The molecule has 5 atom stereocenters. The molecule has 184 valence electrons. The molecular formula is C27H30N2O6. The lowest BCUT2D eigenvalue weighted by atomic mass is 9.53. The van der Waals surface area contributed by atoms with E-state index < -0.39 is 5.97 Å². The second kappa shape index (κ2) is 8.53. The number of benzene rings is 1. The van der Waals surface area contributed by atoms with Crippen molar-refractivity contribution in [1.82, 2.24) is 9.88 Å². The van der Waals surface area contributed by atoms with Crippen LogP contribution in [0.25, 0.3) is 0 Å². The van der Waals surface area contributed by atoms with Gasteiger partial charge in [-0.25, -0.2) is 9.78 Å². The number of methoxy groups -OCH3 is 1. The van der Waals surface area contributed by atoms with Crippen LogP contribution < -0.4 is 14.2 Å². The van der Waals surface area contributed by atoms with Crippen LogP contribution in [0.1, 0.15) is 35.0 Å². The molecule has 0 amide bonds. The van der Waals surface area contributed by atoms with E-state index >= 15 is 0 Å². The maximum atomic E-state index is 12.2. The number of pyridine rings is 1. The van der Waals surface area contributed by atoms with E-state index in [4.69, 9.17) is 23.7 Å². The summed E-state index contributed by atoms with van der Waals surface area (Å²) < 4.78 is 29.3. The number of carbonyl (C=O) groups excluding carboxylic acids is 1. The second-order valence-electron chi connectivity index (χ2n) is 9.63. The van der Waals surface area contributed by atoms with E-state index in [1.807, 2.05) is 6.07 Å². The van der Waals surface area contributed by atoms with Gasteiger partial charge in [0.15, 0.2) is 30.1 Å². The molecule has 0 radical (unpaired) electrons. The average Bonchev–Trinajstić information content (AvgIpc) is 3.22. The summed E-state index contributed by atoms with van der Waals surface area (Å²) in [7, 11) is 3.82. The summed E-state index contributed by atoms with van der Waals surface area (Å²) in [5.41, 5.74) is 2.60. The van der Waals surface area contributed by atoms with E-state index in [-0.39, 0.29) is 30.1 Å². The van der Waals surface area contributed by atoms with Crippen LogP contribution in [0, 0.1) is 5.92 Å². The van der Waals surface area contributed by atoms with Crippen molar-refractivity contribution in [2.45, 2.75) is 43.4 Å². The normalized spacial score (nSPS) is 29.8. The number of esters is 1. The molecule has 1 aromatic carbocycles. The van der Waals surface area contributed by atoms with Crippen molar-refractivity contribution < 1.29 is 28.5 Å². The standard InChI is InChI=1S/C27H30N2O6/c1-4-32-26(30)18-6-5-7-22(28-18)34-21-11-9-17-19-14-16-8-10-20(33-15-31-3)24-23(16)27(17,25(21)35-24)12-13-29(19)2/h5-11,17,19,21,25H,4,12-15H2,1-3H3/t17-,19+,21-,25-,27-/m0/s1. The summed E-state index contributed by atoms with van der Waals surface area (Å²) in [5.74, 6) is 1.73. The minimum Gasteiger partial charge on any atom is -0.481 e. The molecule has 2 aliphatic carbocycles. The lowest BCUT2D eigenvalue weighted by Gasteiger charge is -2.56. The molecule has 2 aromatic rings. The van der Waals surface area contributed by atoms with Gasteiger partial charge in [0, 0.05) is 36.1 Å². The van der Waals surface area contributed by atoms with E-state index in [1.54, 1.807) is 32.2 Å². The van der Waals surface area contributed by atoms with Gasteiger partial charge in [-0.05, 0) is 57.1 Å². The van der Waals surface area contributed by atoms with Crippen molar-refractivity contribution >= 4 is 5.97 Å². The van der Waals surface area contributed by atoms with Gasteiger partial charge in [0.1, 0.15) is 6.10 Å². The van der Waals surface area contributed by atoms with Gasteiger partial charge in [-0.3, -0.25) is 0 Å². The molecule has 6 rings (SSSR count). The predicted molar refractivity (Wildman–Crippen MR) is 127 cm³/mol. The molecule has 4 aliphatic rings. The monoisotopic (exact) mass is 478 g/mol. The van der Waals surface area contributed by atoms with E-state index in [9.17, 15) is 4.79 Å². The Balaban J connectivity index is 1.39. The maximum Gasteiger partial charge on any atom is 0.357 e. The van der Waals surface area contributed by atoms with Crippen LogP contribution in [-0.4, -0.2) is 68.2 Å². The number of hydrogen-bond donors (Lipinski definition) is 0. The summed E-state index contributed by atoms with van der Waals surface area (Å²) in [5, 5.41) is 0. The first kappa shape index (κ1) is 22.4. The maximum absolute atomic E-state index is 12.2. The van der Waals surface area contributed by atoms with E-state index in [2.05, 4.69) is 35.1 Å². The van der Waals surface area contributed by atoms with Crippen LogP contribution in [0.5, 0.6) is 17.4 Å². The highest BCUT2D eigenvalue weighted by Gasteiger charge is 2.65. The molecule has 2 aliphatic heterocycles. The van der Waals surface area contributed by atoms with Gasteiger partial charge in [0.05, 0.1) is 6.61 Å². The number of hydrogen-bond acceptors (Lipinski definition) is 8. The Labute approximate surface area is 204 Å². The van der Waals surface area contributed by atoms with Crippen LogP contribution in [0.3, 0.4) is 0 Å². The third kappa shape index (κ3) is 3.34. The van der Waals surface area contributed by atoms with Crippen molar-refractivity contribution in [3.63, 3.8) is 0 Å². The first-order valence-corrected chi connectivity index (χ1v) is 12.2. The smallest absolute Gasteiger partial charge is 0.357 e. The first-order chi connectivity index (χ1) is 17.1. The Kier molecular flexibility index (Phi) is 5.45. The number of piperidine rings is 1. The molecule has 0 saturated carbocycles. The third-order valence-electron chi connectivity index (χ3n) is 7.91. The molecule has 3 heterocycles. The summed E-state index contributed by atoms with van der Waals surface area (Å²) in [6.45, 7) is 3.21. The molecule has 0 unspecified atom stereocenters. The van der Waals surface area contributed by atoms with E-state index in [0.717, 1.165) is 25.1 Å². The molecule has 8 nitrogen and oxygen atoms in total. The van der Waals surface area contributed by atoms with Gasteiger partial charge >= 0.3 is 5.97 Å². The molecule has 35 heavy (non-hydrogen) atoms. The Morgan fingerprint density at radius 2 is 2.14 bits per heavy atom. The Bertz CT molecular complexity index is 1180. The predicted octanol–water partition coefficient (Wildman–Crippen LogP) is 3.13.